The standard InChI is InChI=1S/C25H46N4O4/c1-23(2,3)33-22(32)28-15-18(14-19(28)20(30)27(8)9)29(21(31)25(6,7)16-26)17-10-12-24(4,5)13-11-17/h17-19H,10-16,26H2,1-9H3/t18-,19-/m0/s1. The molecule has 1 saturated heterocycles. The third-order valence-corrected chi connectivity index (χ3v) is 7.05. The molecule has 2 atom stereocenters. The number of rotatable bonds is 5. The highest BCUT2D eigenvalue weighted by Crippen LogP contribution is 2.40. The summed E-state index contributed by atoms with van der Waals surface area (Å²) in [5, 5.41) is 0. The van der Waals surface area contributed by atoms with Gasteiger partial charge < -0.3 is 20.3 Å². The summed E-state index contributed by atoms with van der Waals surface area (Å²) in [7, 11) is 3.37. The average Bonchev–Trinajstić information content (AvgIpc) is 3.12. The van der Waals surface area contributed by atoms with Gasteiger partial charge in [0.15, 0.2) is 0 Å². The van der Waals surface area contributed by atoms with Crippen molar-refractivity contribution < 1.29 is 19.1 Å². The second-order valence-electron chi connectivity index (χ2n) is 12.5. The monoisotopic (exact) mass is 466 g/mol. The van der Waals surface area contributed by atoms with Crippen LogP contribution in [0.1, 0.15) is 80.6 Å². The van der Waals surface area contributed by atoms with Crippen molar-refractivity contribution in [2.75, 3.05) is 27.2 Å². The summed E-state index contributed by atoms with van der Waals surface area (Å²) in [6.45, 7) is 14.2. The van der Waals surface area contributed by atoms with Gasteiger partial charge in [-0.2, -0.15) is 0 Å². The smallest absolute Gasteiger partial charge is 0.411 e. The molecule has 8 nitrogen and oxygen atoms in total. The fourth-order valence-electron chi connectivity index (χ4n) is 4.80. The number of nitrogens with two attached hydrogens (primary N) is 1. The van der Waals surface area contributed by atoms with Crippen molar-refractivity contribution in [3.63, 3.8) is 0 Å². The maximum Gasteiger partial charge on any atom is 0.411 e. The maximum absolute atomic E-state index is 13.8. The van der Waals surface area contributed by atoms with Gasteiger partial charge in [-0.25, -0.2) is 4.79 Å². The summed E-state index contributed by atoms with van der Waals surface area (Å²) in [6.07, 6.45) is 3.78. The number of ether oxygens (including phenoxy) is 1. The van der Waals surface area contributed by atoms with E-state index in [0.717, 1.165) is 25.7 Å². The van der Waals surface area contributed by atoms with Crippen molar-refractivity contribution >= 4 is 17.9 Å². The Bertz CT molecular complexity index is 731. The molecule has 1 saturated carbocycles. The van der Waals surface area contributed by atoms with Crippen LogP contribution in [0, 0.1) is 10.8 Å². The van der Waals surface area contributed by atoms with Crippen LogP contribution in [0.2, 0.25) is 0 Å². The number of likely N-dealkylation sites (tertiary alicyclic amines) is 1. The molecular formula is C25H46N4O4. The van der Waals surface area contributed by atoms with Crippen LogP contribution < -0.4 is 5.73 Å². The van der Waals surface area contributed by atoms with Gasteiger partial charge in [-0.3, -0.25) is 14.5 Å². The first-order chi connectivity index (χ1) is 15.0. The lowest BCUT2D eigenvalue weighted by atomic mass is 9.74. The number of hydrogen-bond donors (Lipinski definition) is 1. The van der Waals surface area contributed by atoms with Crippen molar-refractivity contribution in [2.45, 2.75) is 104 Å². The summed E-state index contributed by atoms with van der Waals surface area (Å²) in [5.41, 5.74) is 4.86. The van der Waals surface area contributed by atoms with Gasteiger partial charge in [0, 0.05) is 33.2 Å². The summed E-state index contributed by atoms with van der Waals surface area (Å²) in [5.74, 6) is -0.152. The number of carbonyl (C=O) groups excluding carboxylic acids is 3. The van der Waals surface area contributed by atoms with Crippen LogP contribution in [-0.2, 0) is 14.3 Å². The minimum Gasteiger partial charge on any atom is -0.444 e. The highest BCUT2D eigenvalue weighted by Gasteiger charge is 2.49. The highest BCUT2D eigenvalue weighted by molar-refractivity contribution is 5.87. The lowest BCUT2D eigenvalue weighted by Crippen LogP contribution is -2.55. The number of carbonyl (C=O) groups is 3. The van der Waals surface area contributed by atoms with Gasteiger partial charge in [0.2, 0.25) is 11.8 Å². The number of likely N-dealkylation sites (N-methyl/N-ethyl adjacent to an activating group) is 1. The quantitative estimate of drug-likeness (QED) is 0.671. The molecule has 2 fully saturated rings. The highest BCUT2D eigenvalue weighted by atomic mass is 16.6. The molecule has 1 aliphatic carbocycles. The molecule has 3 amide bonds. The zero-order chi connectivity index (χ0) is 25.4. The van der Waals surface area contributed by atoms with Gasteiger partial charge in [-0.05, 0) is 72.1 Å². The third kappa shape index (κ3) is 6.61. The minimum absolute atomic E-state index is 0.00166. The zero-order valence-corrected chi connectivity index (χ0v) is 22.2. The van der Waals surface area contributed by atoms with Gasteiger partial charge in [-0.1, -0.05) is 13.8 Å². The Morgan fingerprint density at radius 3 is 2.03 bits per heavy atom. The third-order valence-electron chi connectivity index (χ3n) is 7.05. The summed E-state index contributed by atoms with van der Waals surface area (Å²) in [6, 6.07) is -0.831. The topological polar surface area (TPSA) is 96.2 Å². The van der Waals surface area contributed by atoms with Crippen LogP contribution >= 0.6 is 0 Å². The Hall–Kier alpha value is -1.83. The number of nitrogens with zero attached hydrogens (tertiary/aromatic N) is 3. The largest absolute Gasteiger partial charge is 0.444 e. The molecule has 0 aromatic carbocycles. The van der Waals surface area contributed by atoms with Crippen LogP contribution in [0.4, 0.5) is 4.79 Å². The van der Waals surface area contributed by atoms with E-state index in [9.17, 15) is 14.4 Å². The molecule has 33 heavy (non-hydrogen) atoms. The van der Waals surface area contributed by atoms with E-state index in [1.165, 1.54) is 9.80 Å². The van der Waals surface area contributed by atoms with E-state index in [0.29, 0.717) is 6.42 Å². The van der Waals surface area contributed by atoms with Crippen molar-refractivity contribution in [2.24, 2.45) is 16.6 Å². The maximum atomic E-state index is 13.8. The van der Waals surface area contributed by atoms with E-state index in [4.69, 9.17) is 10.5 Å². The average molecular weight is 467 g/mol. The Kier molecular flexibility index (Phi) is 8.14. The van der Waals surface area contributed by atoms with Crippen molar-refractivity contribution in [1.82, 2.24) is 14.7 Å². The molecule has 0 radical (unpaired) electrons. The molecule has 2 rings (SSSR count). The number of amides is 3. The molecular weight excluding hydrogens is 420 g/mol. The lowest BCUT2D eigenvalue weighted by Gasteiger charge is -2.45. The van der Waals surface area contributed by atoms with Gasteiger partial charge in [0.1, 0.15) is 11.6 Å². The predicted molar refractivity (Wildman–Crippen MR) is 130 cm³/mol. The van der Waals surface area contributed by atoms with Crippen LogP contribution in [0.25, 0.3) is 0 Å². The molecule has 0 aromatic rings. The summed E-state index contributed by atoms with van der Waals surface area (Å²) in [4.78, 5) is 44.9. The van der Waals surface area contributed by atoms with E-state index in [2.05, 4.69) is 13.8 Å². The first-order valence-electron chi connectivity index (χ1n) is 12.2. The molecule has 0 unspecified atom stereocenters. The minimum atomic E-state index is -0.715. The molecule has 1 heterocycles. The van der Waals surface area contributed by atoms with Gasteiger partial charge in [-0.15, -0.1) is 0 Å². The second kappa shape index (κ2) is 9.80. The fraction of sp³-hybridized carbons (Fsp3) is 0.880. The van der Waals surface area contributed by atoms with Crippen LogP contribution in [0.3, 0.4) is 0 Å². The molecule has 8 heteroatoms. The lowest BCUT2D eigenvalue weighted by molar-refractivity contribution is -0.146. The van der Waals surface area contributed by atoms with E-state index in [-0.39, 0.29) is 42.4 Å². The van der Waals surface area contributed by atoms with Crippen molar-refractivity contribution in [3.05, 3.63) is 0 Å². The first kappa shape index (κ1) is 27.4. The number of hydrogen-bond acceptors (Lipinski definition) is 5. The van der Waals surface area contributed by atoms with E-state index in [1.807, 2.05) is 39.5 Å². The van der Waals surface area contributed by atoms with Crippen LogP contribution in [-0.4, -0.2) is 83.5 Å². The van der Waals surface area contributed by atoms with Crippen LogP contribution in [0.15, 0.2) is 0 Å². The van der Waals surface area contributed by atoms with Crippen molar-refractivity contribution in [1.29, 1.82) is 0 Å². The van der Waals surface area contributed by atoms with Crippen molar-refractivity contribution in [3.8, 4) is 0 Å². The Balaban J connectivity index is 2.39. The van der Waals surface area contributed by atoms with Gasteiger partial charge >= 0.3 is 6.09 Å². The molecule has 0 aromatic heterocycles. The molecule has 2 aliphatic rings. The Labute approximate surface area is 200 Å². The van der Waals surface area contributed by atoms with Crippen LogP contribution in [0.5, 0.6) is 0 Å². The first-order valence-corrected chi connectivity index (χ1v) is 12.2. The molecule has 0 bridgehead atoms. The van der Waals surface area contributed by atoms with E-state index in [1.54, 1.807) is 14.1 Å². The van der Waals surface area contributed by atoms with E-state index < -0.39 is 23.2 Å². The fourth-order valence-corrected chi connectivity index (χ4v) is 4.80. The predicted octanol–water partition coefficient (Wildman–Crippen LogP) is 3.23. The van der Waals surface area contributed by atoms with Gasteiger partial charge in [0.05, 0.1) is 11.5 Å². The summed E-state index contributed by atoms with van der Waals surface area (Å²) < 4.78 is 5.62. The zero-order valence-electron chi connectivity index (χ0n) is 22.2. The van der Waals surface area contributed by atoms with E-state index >= 15 is 0 Å². The second-order valence-corrected chi connectivity index (χ2v) is 12.5. The molecule has 0 spiro atoms. The van der Waals surface area contributed by atoms with Gasteiger partial charge in [0.25, 0.3) is 0 Å². The normalized spacial score (nSPS) is 23.9. The molecule has 1 aliphatic heterocycles. The Morgan fingerprint density at radius 2 is 1.58 bits per heavy atom. The SMILES string of the molecule is CN(C)C(=O)[C@@H]1C[C@H](N(C(=O)C(C)(C)CN)C2CCC(C)(C)CC2)CN1C(=O)OC(C)(C)C. The summed E-state index contributed by atoms with van der Waals surface area (Å²) >= 11 is 0. The molecule has 2 N–H and O–H groups in total. The Morgan fingerprint density at radius 1 is 1.03 bits per heavy atom. The molecule has 190 valence electrons.